The van der Waals surface area contributed by atoms with Crippen LogP contribution in [0.5, 0.6) is 5.75 Å². The topological polar surface area (TPSA) is 71.3 Å². The first-order valence-electron chi connectivity index (χ1n) is 8.63. The van der Waals surface area contributed by atoms with Crippen molar-refractivity contribution < 1.29 is 14.3 Å². The highest BCUT2D eigenvalue weighted by Crippen LogP contribution is 2.25. The zero-order valence-corrected chi connectivity index (χ0v) is 15.1. The lowest BCUT2D eigenvalue weighted by Gasteiger charge is -2.28. The van der Waals surface area contributed by atoms with E-state index in [1.807, 2.05) is 20.8 Å². The van der Waals surface area contributed by atoms with Crippen LogP contribution in [0.4, 0.5) is 5.69 Å². The number of hydrogen-bond donors (Lipinski definition) is 1. The van der Waals surface area contributed by atoms with E-state index in [0.29, 0.717) is 36.6 Å². The molecule has 1 rings (SSSR count). The molecule has 0 aliphatic heterocycles. The van der Waals surface area contributed by atoms with Crippen LogP contribution in [0.1, 0.15) is 58.9 Å². The number of carbonyl (C=O) groups is 1. The van der Waals surface area contributed by atoms with Crippen LogP contribution in [-0.4, -0.2) is 24.7 Å². The number of nitrogens with one attached hydrogen (secondary N) is 1. The molecule has 0 aliphatic rings. The molecular formula is C19H28N2O3. The molecule has 0 unspecified atom stereocenters. The molecule has 0 bridgehead atoms. The third-order valence-corrected chi connectivity index (χ3v) is 3.66. The van der Waals surface area contributed by atoms with Gasteiger partial charge in [-0.3, -0.25) is 4.79 Å². The summed E-state index contributed by atoms with van der Waals surface area (Å²) in [6.45, 7) is 8.96. The molecule has 5 nitrogen and oxygen atoms in total. The summed E-state index contributed by atoms with van der Waals surface area (Å²) in [5, 5.41) is 12.2. The van der Waals surface area contributed by atoms with Gasteiger partial charge in [-0.25, -0.2) is 0 Å². The maximum absolute atomic E-state index is 12.7. The molecule has 0 spiro atoms. The van der Waals surface area contributed by atoms with Crippen molar-refractivity contribution in [1.82, 2.24) is 0 Å². The first-order valence-corrected chi connectivity index (χ1v) is 8.63. The second kappa shape index (κ2) is 9.94. The van der Waals surface area contributed by atoms with Gasteiger partial charge in [0.05, 0.1) is 17.9 Å². The van der Waals surface area contributed by atoms with Gasteiger partial charge in [0.25, 0.3) is 5.91 Å². The number of nitrogens with zero attached hydrogens (tertiary/aromatic N) is 1. The Bertz CT molecular complexity index is 580. The molecule has 1 aromatic carbocycles. The normalized spacial score (nSPS) is 13.0. The lowest BCUT2D eigenvalue weighted by Crippen LogP contribution is -2.43. The quantitative estimate of drug-likeness (QED) is 0.694. The van der Waals surface area contributed by atoms with E-state index in [1.165, 1.54) is 0 Å². The molecule has 1 atom stereocenters. The maximum atomic E-state index is 12.7. The van der Waals surface area contributed by atoms with Gasteiger partial charge in [-0.15, -0.1) is 0 Å². The van der Waals surface area contributed by atoms with E-state index in [9.17, 15) is 10.1 Å². The van der Waals surface area contributed by atoms with Crippen molar-refractivity contribution in [3.05, 3.63) is 23.8 Å². The van der Waals surface area contributed by atoms with Crippen LogP contribution in [0.2, 0.25) is 0 Å². The standard InChI is InChI=1S/C19H28N2O3/c1-5-10-19(4,24-12-7-3)18(22)21-17-9-8-16(23-11-6-2)13-15(17)14-20/h8-9,13H,5-7,10-12H2,1-4H3,(H,21,22)/t19-/m1/s1. The molecule has 1 N–H and O–H groups in total. The summed E-state index contributed by atoms with van der Waals surface area (Å²) < 4.78 is 11.3. The molecule has 0 aliphatic carbocycles. The summed E-state index contributed by atoms with van der Waals surface area (Å²) in [4.78, 5) is 12.7. The van der Waals surface area contributed by atoms with Gasteiger partial charge in [0, 0.05) is 6.61 Å². The predicted octanol–water partition coefficient (Wildman–Crippen LogP) is 4.27. The number of anilines is 1. The Hall–Kier alpha value is -2.06. The Labute approximate surface area is 145 Å². The van der Waals surface area contributed by atoms with Crippen LogP contribution in [0, 0.1) is 11.3 Å². The van der Waals surface area contributed by atoms with Gasteiger partial charge in [0.1, 0.15) is 17.4 Å². The third kappa shape index (κ3) is 5.54. The van der Waals surface area contributed by atoms with Gasteiger partial charge in [0.15, 0.2) is 0 Å². The van der Waals surface area contributed by atoms with Crippen LogP contribution in [0.15, 0.2) is 18.2 Å². The summed E-state index contributed by atoms with van der Waals surface area (Å²) in [6, 6.07) is 7.22. The average molecular weight is 332 g/mol. The lowest BCUT2D eigenvalue weighted by atomic mass is 9.98. The number of nitriles is 1. The van der Waals surface area contributed by atoms with E-state index in [-0.39, 0.29) is 5.91 Å². The zero-order valence-electron chi connectivity index (χ0n) is 15.1. The van der Waals surface area contributed by atoms with E-state index in [4.69, 9.17) is 9.47 Å². The number of hydrogen-bond acceptors (Lipinski definition) is 4. The van der Waals surface area contributed by atoms with Crippen LogP contribution in [0.25, 0.3) is 0 Å². The minimum atomic E-state index is -0.894. The Morgan fingerprint density at radius 1 is 1.21 bits per heavy atom. The molecule has 0 radical (unpaired) electrons. The molecule has 132 valence electrons. The monoisotopic (exact) mass is 332 g/mol. The summed E-state index contributed by atoms with van der Waals surface area (Å²) in [5.74, 6) is 0.404. The number of amides is 1. The summed E-state index contributed by atoms with van der Waals surface area (Å²) >= 11 is 0. The first kappa shape index (κ1) is 20.0. The molecule has 0 heterocycles. The fourth-order valence-corrected chi connectivity index (χ4v) is 2.34. The van der Waals surface area contributed by atoms with Gasteiger partial charge in [0.2, 0.25) is 0 Å². The summed E-state index contributed by atoms with van der Waals surface area (Å²) in [5.41, 5.74) is -0.0328. The van der Waals surface area contributed by atoms with E-state index in [2.05, 4.69) is 11.4 Å². The van der Waals surface area contributed by atoms with Crippen LogP contribution < -0.4 is 10.1 Å². The molecule has 0 saturated heterocycles. The van der Waals surface area contributed by atoms with E-state index in [1.54, 1.807) is 25.1 Å². The Morgan fingerprint density at radius 3 is 2.50 bits per heavy atom. The number of rotatable bonds is 10. The highest BCUT2D eigenvalue weighted by atomic mass is 16.5. The van der Waals surface area contributed by atoms with Crippen molar-refractivity contribution in [2.45, 2.75) is 59.0 Å². The van der Waals surface area contributed by atoms with Crippen molar-refractivity contribution in [1.29, 1.82) is 5.26 Å². The molecule has 0 aromatic heterocycles. The Kier molecular flexibility index (Phi) is 8.28. The zero-order chi connectivity index (χ0) is 18.0. The van der Waals surface area contributed by atoms with Crippen molar-refractivity contribution in [3.8, 4) is 11.8 Å². The Balaban J connectivity index is 2.93. The fraction of sp³-hybridized carbons (Fsp3) is 0.579. The Morgan fingerprint density at radius 2 is 1.92 bits per heavy atom. The van der Waals surface area contributed by atoms with E-state index >= 15 is 0 Å². The SMILES string of the molecule is CCCOc1ccc(NC(=O)[C@@](C)(CCC)OCCC)c(C#N)c1. The van der Waals surface area contributed by atoms with Crippen molar-refractivity contribution in [3.63, 3.8) is 0 Å². The minimum absolute atomic E-state index is 0.225. The lowest BCUT2D eigenvalue weighted by molar-refractivity contribution is -0.140. The molecule has 24 heavy (non-hydrogen) atoms. The number of ether oxygens (including phenoxy) is 2. The molecule has 1 amide bonds. The average Bonchev–Trinajstić information content (AvgIpc) is 2.59. The van der Waals surface area contributed by atoms with Gasteiger partial charge >= 0.3 is 0 Å². The van der Waals surface area contributed by atoms with Crippen molar-refractivity contribution in [2.24, 2.45) is 0 Å². The second-order valence-electron chi connectivity index (χ2n) is 5.95. The van der Waals surface area contributed by atoms with Gasteiger partial charge in [-0.1, -0.05) is 27.2 Å². The third-order valence-electron chi connectivity index (χ3n) is 3.66. The van der Waals surface area contributed by atoms with E-state index < -0.39 is 5.60 Å². The van der Waals surface area contributed by atoms with Crippen molar-refractivity contribution >= 4 is 11.6 Å². The van der Waals surface area contributed by atoms with E-state index in [0.717, 1.165) is 19.3 Å². The summed E-state index contributed by atoms with van der Waals surface area (Å²) in [6.07, 6.45) is 3.20. The first-order chi connectivity index (χ1) is 11.5. The largest absolute Gasteiger partial charge is 0.494 e. The molecular weight excluding hydrogens is 304 g/mol. The summed E-state index contributed by atoms with van der Waals surface area (Å²) in [7, 11) is 0. The van der Waals surface area contributed by atoms with Gasteiger partial charge in [-0.2, -0.15) is 5.26 Å². The van der Waals surface area contributed by atoms with Gasteiger partial charge in [-0.05, 0) is 44.4 Å². The second-order valence-corrected chi connectivity index (χ2v) is 5.95. The number of benzene rings is 1. The highest BCUT2D eigenvalue weighted by molar-refractivity contribution is 5.98. The van der Waals surface area contributed by atoms with Crippen molar-refractivity contribution in [2.75, 3.05) is 18.5 Å². The minimum Gasteiger partial charge on any atom is -0.494 e. The number of carbonyl (C=O) groups excluding carboxylic acids is 1. The van der Waals surface area contributed by atoms with Gasteiger partial charge < -0.3 is 14.8 Å². The van der Waals surface area contributed by atoms with Crippen LogP contribution in [-0.2, 0) is 9.53 Å². The van der Waals surface area contributed by atoms with Crippen LogP contribution in [0.3, 0.4) is 0 Å². The molecule has 1 aromatic rings. The molecule has 0 saturated carbocycles. The van der Waals surface area contributed by atoms with Crippen LogP contribution >= 0.6 is 0 Å². The maximum Gasteiger partial charge on any atom is 0.256 e. The smallest absolute Gasteiger partial charge is 0.256 e. The fourth-order valence-electron chi connectivity index (χ4n) is 2.34. The highest BCUT2D eigenvalue weighted by Gasteiger charge is 2.33. The molecule has 0 fully saturated rings. The predicted molar refractivity (Wildman–Crippen MR) is 95.1 cm³/mol. The molecule has 5 heteroatoms.